The van der Waals surface area contributed by atoms with E-state index in [-0.39, 0.29) is 5.56 Å². The predicted molar refractivity (Wildman–Crippen MR) is 80.2 cm³/mol. The third-order valence-electron chi connectivity index (χ3n) is 3.08. The fourth-order valence-corrected chi connectivity index (χ4v) is 2.18. The van der Waals surface area contributed by atoms with E-state index >= 15 is 0 Å². The minimum absolute atomic E-state index is 0.139. The van der Waals surface area contributed by atoms with Crippen LogP contribution in [-0.4, -0.2) is 6.18 Å². The van der Waals surface area contributed by atoms with Gasteiger partial charge in [-0.15, -0.1) is 0 Å². The lowest BCUT2D eigenvalue weighted by Crippen LogP contribution is -2.10. The Morgan fingerprint density at radius 1 is 0.952 bits per heavy atom. The number of halogens is 4. The van der Waals surface area contributed by atoms with E-state index in [1.165, 1.54) is 30.3 Å². The highest BCUT2D eigenvalue weighted by Crippen LogP contribution is 2.34. The number of aryl methyl sites for hydroxylation is 1. The fraction of sp³-hybridized carbons (Fsp3) is 0.176. The van der Waals surface area contributed by atoms with Gasteiger partial charge in [0.1, 0.15) is 0 Å². The lowest BCUT2D eigenvalue weighted by molar-refractivity contribution is -0.0690. The minimum Gasteiger partial charge on any atom is -0.166 e. The Hall–Kier alpha value is -1.74. The molecule has 0 saturated carbocycles. The molecule has 0 aliphatic heterocycles. The monoisotopic (exact) mass is 310 g/mol. The van der Waals surface area contributed by atoms with Crippen molar-refractivity contribution in [1.82, 2.24) is 0 Å². The topological polar surface area (TPSA) is 0 Å². The summed E-state index contributed by atoms with van der Waals surface area (Å²) in [6.07, 6.45) is -2.21. The molecule has 0 aromatic heterocycles. The Labute approximate surface area is 126 Å². The third kappa shape index (κ3) is 4.64. The molecule has 110 valence electrons. The molecule has 0 atom stereocenters. The normalized spacial score (nSPS) is 12.5. The Bertz CT molecular complexity index is 598. The van der Waals surface area contributed by atoms with Crippen LogP contribution in [0.5, 0.6) is 0 Å². The van der Waals surface area contributed by atoms with Gasteiger partial charge in [-0.1, -0.05) is 60.1 Å². The van der Waals surface area contributed by atoms with Gasteiger partial charge in [0.25, 0.3) is 0 Å². The molecule has 21 heavy (non-hydrogen) atoms. The van der Waals surface area contributed by atoms with Crippen molar-refractivity contribution in [3.05, 3.63) is 76.8 Å². The van der Waals surface area contributed by atoms with Crippen molar-refractivity contribution in [2.24, 2.45) is 0 Å². The molecule has 0 radical (unpaired) electrons. The van der Waals surface area contributed by atoms with Crippen LogP contribution in [0.3, 0.4) is 0 Å². The van der Waals surface area contributed by atoms with Crippen molar-refractivity contribution < 1.29 is 13.2 Å². The van der Waals surface area contributed by atoms with Crippen LogP contribution >= 0.6 is 11.6 Å². The summed E-state index contributed by atoms with van der Waals surface area (Å²) in [7, 11) is 0. The molecule has 0 nitrogen and oxygen atoms in total. The first-order valence-electron chi connectivity index (χ1n) is 6.54. The Kier molecular flexibility index (Phi) is 5.07. The van der Waals surface area contributed by atoms with E-state index in [4.69, 9.17) is 11.6 Å². The lowest BCUT2D eigenvalue weighted by Gasteiger charge is -2.12. The highest BCUT2D eigenvalue weighted by atomic mass is 35.5. The Morgan fingerprint density at radius 2 is 1.57 bits per heavy atom. The number of hydrogen-bond donors (Lipinski definition) is 0. The molecule has 0 aliphatic rings. The summed E-state index contributed by atoms with van der Waals surface area (Å²) in [6.45, 7) is 0. The molecule has 0 unspecified atom stereocenters. The summed E-state index contributed by atoms with van der Waals surface area (Å²) >= 11 is 5.71. The van der Waals surface area contributed by atoms with Crippen LogP contribution in [0.25, 0.3) is 5.57 Å². The third-order valence-corrected chi connectivity index (χ3v) is 3.34. The molecular weight excluding hydrogens is 297 g/mol. The molecule has 2 aromatic carbocycles. The van der Waals surface area contributed by atoms with Crippen LogP contribution in [0.15, 0.2) is 60.7 Å². The van der Waals surface area contributed by atoms with Gasteiger partial charge in [0.2, 0.25) is 0 Å². The molecule has 2 aromatic rings. The second-order valence-corrected chi connectivity index (χ2v) is 5.08. The van der Waals surface area contributed by atoms with Crippen LogP contribution in [0.1, 0.15) is 17.5 Å². The van der Waals surface area contributed by atoms with Gasteiger partial charge in [0.15, 0.2) is 0 Å². The molecule has 0 saturated heterocycles. The zero-order valence-corrected chi connectivity index (χ0v) is 12.0. The number of alkyl halides is 3. The summed E-state index contributed by atoms with van der Waals surface area (Å²) in [6, 6.07) is 15.2. The second-order valence-electron chi connectivity index (χ2n) is 4.65. The molecule has 0 N–H and O–H groups in total. The first-order valence-corrected chi connectivity index (χ1v) is 6.92. The number of allylic oxidation sites excluding steroid dienone is 2. The van der Waals surface area contributed by atoms with Gasteiger partial charge in [-0.2, -0.15) is 13.2 Å². The van der Waals surface area contributed by atoms with E-state index in [0.29, 0.717) is 17.9 Å². The quantitative estimate of drug-likeness (QED) is 0.657. The van der Waals surface area contributed by atoms with Crippen molar-refractivity contribution in [2.45, 2.75) is 19.0 Å². The average molecular weight is 311 g/mol. The summed E-state index contributed by atoms with van der Waals surface area (Å²) in [5, 5.41) is 0.421. The van der Waals surface area contributed by atoms with Crippen molar-refractivity contribution in [3.8, 4) is 0 Å². The van der Waals surface area contributed by atoms with Crippen LogP contribution in [0.4, 0.5) is 13.2 Å². The van der Waals surface area contributed by atoms with E-state index in [9.17, 15) is 13.2 Å². The summed E-state index contributed by atoms with van der Waals surface area (Å²) in [4.78, 5) is 0. The summed E-state index contributed by atoms with van der Waals surface area (Å²) < 4.78 is 39.4. The molecule has 0 fully saturated rings. The first-order chi connectivity index (χ1) is 9.97. The molecule has 0 amide bonds. The van der Waals surface area contributed by atoms with Crippen LogP contribution < -0.4 is 0 Å². The van der Waals surface area contributed by atoms with Gasteiger partial charge in [0.05, 0.1) is 5.57 Å². The van der Waals surface area contributed by atoms with Crippen molar-refractivity contribution in [2.75, 3.05) is 0 Å². The highest BCUT2D eigenvalue weighted by Gasteiger charge is 2.34. The minimum atomic E-state index is -4.37. The first kappa shape index (κ1) is 15.6. The fourth-order valence-electron chi connectivity index (χ4n) is 2.05. The van der Waals surface area contributed by atoms with Gasteiger partial charge in [0, 0.05) is 5.02 Å². The molecule has 0 aliphatic carbocycles. The maximum absolute atomic E-state index is 13.1. The lowest BCUT2D eigenvalue weighted by atomic mass is 10.0. The molecular formula is C17H14ClF3. The van der Waals surface area contributed by atoms with Gasteiger partial charge in [-0.3, -0.25) is 0 Å². The van der Waals surface area contributed by atoms with Crippen molar-refractivity contribution in [3.63, 3.8) is 0 Å². The number of hydrogen-bond acceptors (Lipinski definition) is 0. The van der Waals surface area contributed by atoms with Gasteiger partial charge < -0.3 is 0 Å². The van der Waals surface area contributed by atoms with Gasteiger partial charge in [-0.05, 0) is 36.1 Å². The molecule has 0 heterocycles. The largest absolute Gasteiger partial charge is 0.416 e. The van der Waals surface area contributed by atoms with Gasteiger partial charge in [-0.25, -0.2) is 0 Å². The van der Waals surface area contributed by atoms with Gasteiger partial charge >= 0.3 is 6.18 Å². The zero-order valence-electron chi connectivity index (χ0n) is 11.2. The van der Waals surface area contributed by atoms with Crippen molar-refractivity contribution in [1.29, 1.82) is 0 Å². The van der Waals surface area contributed by atoms with E-state index in [0.717, 1.165) is 5.56 Å². The number of rotatable bonds is 4. The van der Waals surface area contributed by atoms with Crippen LogP contribution in [-0.2, 0) is 6.42 Å². The van der Waals surface area contributed by atoms with Crippen molar-refractivity contribution >= 4 is 17.2 Å². The maximum atomic E-state index is 13.1. The average Bonchev–Trinajstić information content (AvgIpc) is 2.45. The zero-order chi connectivity index (χ0) is 15.3. The maximum Gasteiger partial charge on any atom is 0.416 e. The van der Waals surface area contributed by atoms with Crippen LogP contribution in [0.2, 0.25) is 5.02 Å². The van der Waals surface area contributed by atoms with E-state index < -0.39 is 11.7 Å². The standard InChI is InChI=1S/C17H14ClF3/c18-15-11-9-14(10-12-15)16(17(19,20)21)8-4-7-13-5-2-1-3-6-13/h1-3,5-6,8-12H,4,7H2/b16-8+. The molecule has 0 spiro atoms. The predicted octanol–water partition coefficient (Wildman–Crippen LogP) is 5.92. The number of benzene rings is 2. The highest BCUT2D eigenvalue weighted by molar-refractivity contribution is 6.30. The van der Waals surface area contributed by atoms with E-state index in [1.54, 1.807) is 0 Å². The summed E-state index contributed by atoms with van der Waals surface area (Å²) in [5.74, 6) is 0. The molecule has 0 bridgehead atoms. The van der Waals surface area contributed by atoms with E-state index in [1.807, 2.05) is 30.3 Å². The Balaban J connectivity index is 2.16. The second kappa shape index (κ2) is 6.81. The molecule has 4 heteroatoms. The Morgan fingerprint density at radius 3 is 2.14 bits per heavy atom. The smallest absolute Gasteiger partial charge is 0.166 e. The summed E-state index contributed by atoms with van der Waals surface area (Å²) in [5.41, 5.74) is 0.543. The van der Waals surface area contributed by atoms with E-state index in [2.05, 4.69) is 0 Å². The SMILES string of the molecule is FC(F)(F)/C(=C/CCc1ccccc1)c1ccc(Cl)cc1. The van der Waals surface area contributed by atoms with Crippen LogP contribution in [0, 0.1) is 0 Å². The molecule has 2 rings (SSSR count).